The third-order valence-electron chi connectivity index (χ3n) is 3.00. The zero-order chi connectivity index (χ0) is 14.3. The third-order valence-corrected chi connectivity index (χ3v) is 3.00. The molecule has 1 N–H and O–H groups in total. The summed E-state index contributed by atoms with van der Waals surface area (Å²) >= 11 is 0. The van der Waals surface area contributed by atoms with Gasteiger partial charge in [-0.25, -0.2) is 4.79 Å². The fourth-order valence-corrected chi connectivity index (χ4v) is 1.75. The van der Waals surface area contributed by atoms with Crippen LogP contribution in [0.1, 0.15) is 32.8 Å². The summed E-state index contributed by atoms with van der Waals surface area (Å²) < 4.78 is 5.28. The van der Waals surface area contributed by atoms with Gasteiger partial charge in [0.15, 0.2) is 0 Å². The molecule has 0 aliphatic carbocycles. The predicted molar refractivity (Wildman–Crippen MR) is 75.4 cm³/mol. The SMILES string of the molecule is CCN(CC)C(=O)Oc1ccc(CCC(C)O)cc1. The Morgan fingerprint density at radius 2 is 1.84 bits per heavy atom. The van der Waals surface area contributed by atoms with E-state index in [-0.39, 0.29) is 12.2 Å². The zero-order valence-electron chi connectivity index (χ0n) is 11.9. The average Bonchev–Trinajstić information content (AvgIpc) is 2.39. The quantitative estimate of drug-likeness (QED) is 0.860. The Hall–Kier alpha value is -1.55. The number of amides is 1. The lowest BCUT2D eigenvalue weighted by Crippen LogP contribution is -2.33. The van der Waals surface area contributed by atoms with E-state index in [0.717, 1.165) is 18.4 Å². The molecule has 1 rings (SSSR count). The van der Waals surface area contributed by atoms with E-state index in [4.69, 9.17) is 4.74 Å². The van der Waals surface area contributed by atoms with E-state index in [1.807, 2.05) is 26.0 Å². The summed E-state index contributed by atoms with van der Waals surface area (Å²) in [6.45, 7) is 6.90. The van der Waals surface area contributed by atoms with Gasteiger partial charge in [0.05, 0.1) is 6.10 Å². The van der Waals surface area contributed by atoms with Crippen molar-refractivity contribution < 1.29 is 14.6 Å². The van der Waals surface area contributed by atoms with Gasteiger partial charge in [-0.05, 0) is 51.3 Å². The number of nitrogens with zero attached hydrogens (tertiary/aromatic N) is 1. The van der Waals surface area contributed by atoms with Gasteiger partial charge >= 0.3 is 6.09 Å². The summed E-state index contributed by atoms with van der Waals surface area (Å²) in [5, 5.41) is 9.23. The maximum absolute atomic E-state index is 11.7. The second kappa shape index (κ2) is 7.79. The number of hydrogen-bond acceptors (Lipinski definition) is 3. The molecular formula is C15H23NO3. The molecule has 4 heteroatoms. The van der Waals surface area contributed by atoms with Gasteiger partial charge in [-0.15, -0.1) is 0 Å². The highest BCUT2D eigenvalue weighted by atomic mass is 16.6. The van der Waals surface area contributed by atoms with E-state index in [1.165, 1.54) is 0 Å². The fourth-order valence-electron chi connectivity index (χ4n) is 1.75. The van der Waals surface area contributed by atoms with Gasteiger partial charge in [0, 0.05) is 13.1 Å². The number of ether oxygens (including phenoxy) is 1. The maximum atomic E-state index is 11.7. The summed E-state index contributed by atoms with van der Waals surface area (Å²) in [7, 11) is 0. The van der Waals surface area contributed by atoms with Crippen molar-refractivity contribution in [3.8, 4) is 5.75 Å². The molecule has 19 heavy (non-hydrogen) atoms. The van der Waals surface area contributed by atoms with Crippen molar-refractivity contribution in [2.45, 2.75) is 39.7 Å². The highest BCUT2D eigenvalue weighted by Gasteiger charge is 2.11. The van der Waals surface area contributed by atoms with Gasteiger partial charge in [0.2, 0.25) is 0 Å². The van der Waals surface area contributed by atoms with Crippen molar-refractivity contribution in [3.63, 3.8) is 0 Å². The van der Waals surface area contributed by atoms with E-state index < -0.39 is 0 Å². The van der Waals surface area contributed by atoms with Gasteiger partial charge in [0.1, 0.15) is 5.75 Å². The molecule has 1 unspecified atom stereocenters. The van der Waals surface area contributed by atoms with Crippen LogP contribution in [0.15, 0.2) is 24.3 Å². The van der Waals surface area contributed by atoms with E-state index in [1.54, 1.807) is 24.0 Å². The summed E-state index contributed by atoms with van der Waals surface area (Å²) in [5.74, 6) is 0.553. The lowest BCUT2D eigenvalue weighted by molar-refractivity contribution is 0.157. The summed E-state index contributed by atoms with van der Waals surface area (Å²) in [5.41, 5.74) is 1.13. The Morgan fingerprint density at radius 3 is 2.32 bits per heavy atom. The molecule has 0 aliphatic heterocycles. The monoisotopic (exact) mass is 265 g/mol. The number of aliphatic hydroxyl groups excluding tert-OH is 1. The van der Waals surface area contributed by atoms with E-state index in [9.17, 15) is 9.90 Å². The number of rotatable bonds is 6. The standard InChI is InChI=1S/C15H23NO3/c1-4-16(5-2)15(18)19-14-10-8-13(9-11-14)7-6-12(3)17/h8-12,17H,4-7H2,1-3H3. The first-order valence-corrected chi connectivity index (χ1v) is 6.80. The first-order valence-electron chi connectivity index (χ1n) is 6.80. The Kier molecular flexibility index (Phi) is 6.36. The molecule has 0 bridgehead atoms. The molecule has 1 aromatic rings. The van der Waals surface area contributed by atoms with Gasteiger partial charge in [-0.1, -0.05) is 12.1 Å². The third kappa shape index (κ3) is 5.30. The summed E-state index contributed by atoms with van der Waals surface area (Å²) in [6.07, 6.45) is 0.947. The van der Waals surface area contributed by atoms with Crippen LogP contribution in [0.5, 0.6) is 5.75 Å². The number of carbonyl (C=O) groups excluding carboxylic acids is 1. The second-order valence-corrected chi connectivity index (χ2v) is 4.57. The van der Waals surface area contributed by atoms with Gasteiger partial charge < -0.3 is 14.7 Å². The minimum Gasteiger partial charge on any atom is -0.410 e. The molecule has 1 aromatic carbocycles. The van der Waals surface area contributed by atoms with E-state index in [0.29, 0.717) is 18.8 Å². The van der Waals surface area contributed by atoms with Crippen molar-refractivity contribution in [1.82, 2.24) is 4.90 Å². The Bertz CT molecular complexity index is 383. The topological polar surface area (TPSA) is 49.8 Å². The first-order chi connectivity index (χ1) is 9.06. The lowest BCUT2D eigenvalue weighted by atomic mass is 10.1. The fraction of sp³-hybridized carbons (Fsp3) is 0.533. The van der Waals surface area contributed by atoms with Crippen LogP contribution in [0.4, 0.5) is 4.79 Å². The van der Waals surface area contributed by atoms with Crippen LogP contribution < -0.4 is 4.74 Å². The van der Waals surface area contributed by atoms with Crippen LogP contribution in [0.2, 0.25) is 0 Å². The smallest absolute Gasteiger partial charge is 0.410 e. The average molecular weight is 265 g/mol. The number of aryl methyl sites for hydroxylation is 1. The van der Waals surface area contributed by atoms with Crippen molar-refractivity contribution in [1.29, 1.82) is 0 Å². The van der Waals surface area contributed by atoms with Crippen molar-refractivity contribution in [2.24, 2.45) is 0 Å². The number of benzene rings is 1. The highest BCUT2D eigenvalue weighted by Crippen LogP contribution is 2.15. The Labute approximate surface area is 115 Å². The molecule has 0 saturated heterocycles. The van der Waals surface area contributed by atoms with Crippen LogP contribution in [0, 0.1) is 0 Å². The number of carbonyl (C=O) groups is 1. The van der Waals surface area contributed by atoms with Crippen LogP contribution in [-0.4, -0.2) is 35.3 Å². The Morgan fingerprint density at radius 1 is 1.26 bits per heavy atom. The van der Waals surface area contributed by atoms with Crippen LogP contribution in [0.25, 0.3) is 0 Å². The largest absolute Gasteiger partial charge is 0.415 e. The van der Waals surface area contributed by atoms with E-state index in [2.05, 4.69) is 0 Å². The molecule has 0 aromatic heterocycles. The molecule has 106 valence electrons. The Balaban J connectivity index is 2.54. The van der Waals surface area contributed by atoms with Crippen molar-refractivity contribution >= 4 is 6.09 Å². The molecule has 0 saturated carbocycles. The van der Waals surface area contributed by atoms with Crippen LogP contribution >= 0.6 is 0 Å². The minimum absolute atomic E-state index is 0.292. The number of aliphatic hydroxyl groups is 1. The van der Waals surface area contributed by atoms with Gasteiger partial charge in [0.25, 0.3) is 0 Å². The number of hydrogen-bond donors (Lipinski definition) is 1. The summed E-state index contributed by atoms with van der Waals surface area (Å²) in [4.78, 5) is 13.4. The zero-order valence-corrected chi connectivity index (χ0v) is 11.9. The molecule has 1 amide bonds. The molecule has 0 spiro atoms. The second-order valence-electron chi connectivity index (χ2n) is 4.57. The molecule has 0 aliphatic rings. The van der Waals surface area contributed by atoms with Crippen LogP contribution in [-0.2, 0) is 6.42 Å². The normalized spacial score (nSPS) is 12.0. The van der Waals surface area contributed by atoms with Crippen LogP contribution in [0.3, 0.4) is 0 Å². The van der Waals surface area contributed by atoms with Gasteiger partial charge in [-0.3, -0.25) is 0 Å². The lowest BCUT2D eigenvalue weighted by Gasteiger charge is -2.17. The molecule has 1 atom stereocenters. The molecule has 0 heterocycles. The van der Waals surface area contributed by atoms with Gasteiger partial charge in [-0.2, -0.15) is 0 Å². The van der Waals surface area contributed by atoms with E-state index >= 15 is 0 Å². The predicted octanol–water partition coefficient (Wildman–Crippen LogP) is 2.84. The molecule has 0 radical (unpaired) electrons. The summed E-state index contributed by atoms with van der Waals surface area (Å²) in [6, 6.07) is 7.43. The maximum Gasteiger partial charge on any atom is 0.415 e. The molecule has 4 nitrogen and oxygen atoms in total. The van der Waals surface area contributed by atoms with Crippen molar-refractivity contribution in [2.75, 3.05) is 13.1 Å². The molecular weight excluding hydrogens is 242 g/mol. The minimum atomic E-state index is -0.318. The highest BCUT2D eigenvalue weighted by molar-refractivity contribution is 5.70. The first kappa shape index (κ1) is 15.5. The molecule has 0 fully saturated rings. The van der Waals surface area contributed by atoms with Crippen molar-refractivity contribution in [3.05, 3.63) is 29.8 Å².